The third-order valence-electron chi connectivity index (χ3n) is 6.77. The second kappa shape index (κ2) is 7.74. The van der Waals surface area contributed by atoms with Crippen LogP contribution in [0.5, 0.6) is 0 Å². The van der Waals surface area contributed by atoms with Crippen LogP contribution in [0.2, 0.25) is 0 Å². The molecule has 0 spiro atoms. The molecule has 1 aliphatic rings. The smallest absolute Gasteiger partial charge is 0.159 e. The van der Waals surface area contributed by atoms with E-state index in [1.807, 2.05) is 6.07 Å². The summed E-state index contributed by atoms with van der Waals surface area (Å²) in [5.41, 5.74) is 8.41. The van der Waals surface area contributed by atoms with Gasteiger partial charge in [-0.25, -0.2) is 0 Å². The number of benzene rings is 3. The molecule has 4 aromatic rings. The second-order valence-electron chi connectivity index (χ2n) is 9.54. The maximum absolute atomic E-state index is 6.40. The average Bonchev–Trinajstić information content (AvgIpc) is 3.33. The van der Waals surface area contributed by atoms with Crippen LogP contribution in [0.4, 0.5) is 11.4 Å². The molecule has 0 aliphatic carbocycles. The van der Waals surface area contributed by atoms with Crippen LogP contribution in [-0.2, 0) is 0 Å². The van der Waals surface area contributed by atoms with Crippen LogP contribution in [-0.4, -0.2) is 6.17 Å². The molecule has 0 radical (unpaired) electrons. The maximum atomic E-state index is 6.40. The Morgan fingerprint density at radius 1 is 0.719 bits per heavy atom. The highest BCUT2D eigenvalue weighted by Crippen LogP contribution is 2.43. The minimum atomic E-state index is 0.143. The van der Waals surface area contributed by atoms with Crippen molar-refractivity contribution in [3.05, 3.63) is 83.7 Å². The van der Waals surface area contributed by atoms with E-state index in [1.165, 1.54) is 33.2 Å². The van der Waals surface area contributed by atoms with Crippen LogP contribution >= 0.6 is 0 Å². The van der Waals surface area contributed by atoms with Crippen LogP contribution in [0.3, 0.4) is 0 Å². The highest BCUT2D eigenvalue weighted by molar-refractivity contribution is 6.09. The summed E-state index contributed by atoms with van der Waals surface area (Å²) in [7, 11) is 0. The molecule has 1 atom stereocenters. The highest BCUT2D eigenvalue weighted by atomic mass is 16.3. The van der Waals surface area contributed by atoms with Gasteiger partial charge in [0.15, 0.2) is 5.58 Å². The molecule has 164 valence electrons. The van der Waals surface area contributed by atoms with Gasteiger partial charge in [-0.15, -0.1) is 0 Å². The monoisotopic (exact) mass is 424 g/mol. The molecule has 1 aliphatic heterocycles. The van der Waals surface area contributed by atoms with Crippen LogP contribution < -0.4 is 9.80 Å². The molecule has 5 rings (SSSR count). The van der Waals surface area contributed by atoms with Crippen molar-refractivity contribution in [3.63, 3.8) is 0 Å². The van der Waals surface area contributed by atoms with Crippen molar-refractivity contribution >= 4 is 33.3 Å². The largest absolute Gasteiger partial charge is 0.454 e. The Morgan fingerprint density at radius 2 is 1.34 bits per heavy atom. The van der Waals surface area contributed by atoms with E-state index in [4.69, 9.17) is 4.42 Å². The molecule has 0 bridgehead atoms. The van der Waals surface area contributed by atoms with Crippen molar-refractivity contribution in [3.8, 4) is 0 Å². The highest BCUT2D eigenvalue weighted by Gasteiger charge is 2.31. The van der Waals surface area contributed by atoms with E-state index < -0.39 is 0 Å². The molecule has 3 aromatic carbocycles. The Labute approximate surface area is 190 Å². The summed E-state index contributed by atoms with van der Waals surface area (Å²) in [6.07, 6.45) is 4.59. The molecule has 32 heavy (non-hydrogen) atoms. The van der Waals surface area contributed by atoms with Crippen LogP contribution in [0, 0.1) is 6.92 Å². The number of furan rings is 1. The molecule has 0 N–H and O–H groups in total. The summed E-state index contributed by atoms with van der Waals surface area (Å²) >= 11 is 0. The van der Waals surface area contributed by atoms with Crippen LogP contribution in [0.25, 0.3) is 21.9 Å². The predicted octanol–water partition coefficient (Wildman–Crippen LogP) is 8.29. The van der Waals surface area contributed by atoms with Gasteiger partial charge in [0.05, 0.1) is 5.69 Å². The third-order valence-corrected chi connectivity index (χ3v) is 6.77. The van der Waals surface area contributed by atoms with Crippen LogP contribution in [0.15, 0.2) is 71.4 Å². The summed E-state index contributed by atoms with van der Waals surface area (Å²) in [5.74, 6) is 0.915. The van der Waals surface area contributed by atoms with Gasteiger partial charge in [0, 0.05) is 28.9 Å². The molecule has 0 saturated carbocycles. The summed E-state index contributed by atoms with van der Waals surface area (Å²) in [4.78, 5) is 4.80. The van der Waals surface area contributed by atoms with Gasteiger partial charge in [-0.1, -0.05) is 76.2 Å². The Kier molecular flexibility index (Phi) is 5.00. The van der Waals surface area contributed by atoms with Crippen molar-refractivity contribution < 1.29 is 4.42 Å². The Morgan fingerprint density at radius 3 is 2.00 bits per heavy atom. The van der Waals surface area contributed by atoms with Crippen molar-refractivity contribution in [2.75, 3.05) is 9.80 Å². The van der Waals surface area contributed by atoms with E-state index in [2.05, 4.69) is 112 Å². The van der Waals surface area contributed by atoms with Gasteiger partial charge < -0.3 is 14.2 Å². The van der Waals surface area contributed by atoms with Gasteiger partial charge >= 0.3 is 0 Å². The van der Waals surface area contributed by atoms with Crippen molar-refractivity contribution in [2.45, 2.75) is 59.5 Å². The summed E-state index contributed by atoms with van der Waals surface area (Å²) in [6.45, 7) is 13.6. The quantitative estimate of drug-likeness (QED) is 0.328. The van der Waals surface area contributed by atoms with E-state index in [0.29, 0.717) is 11.8 Å². The number of fused-ring (bicyclic) bond motifs is 3. The van der Waals surface area contributed by atoms with Gasteiger partial charge in [-0.3, -0.25) is 0 Å². The number of hydrogen-bond donors (Lipinski definition) is 0. The molecule has 1 unspecified atom stereocenters. The van der Waals surface area contributed by atoms with E-state index >= 15 is 0 Å². The number of aryl methyl sites for hydroxylation is 1. The first kappa shape index (κ1) is 20.7. The first-order valence-electron chi connectivity index (χ1n) is 11.7. The molecule has 3 heteroatoms. The molecule has 0 saturated heterocycles. The zero-order chi connectivity index (χ0) is 22.6. The lowest BCUT2D eigenvalue weighted by Crippen LogP contribution is -2.37. The van der Waals surface area contributed by atoms with Crippen molar-refractivity contribution in [2.24, 2.45) is 0 Å². The predicted molar refractivity (Wildman–Crippen MR) is 137 cm³/mol. The Balaban J connectivity index is 1.64. The number of anilines is 2. The average molecular weight is 425 g/mol. The summed E-state index contributed by atoms with van der Waals surface area (Å²) < 4.78 is 6.40. The topological polar surface area (TPSA) is 19.6 Å². The lowest BCUT2D eigenvalue weighted by atomic mass is 9.92. The number of rotatable bonds is 4. The first-order chi connectivity index (χ1) is 15.4. The Bertz CT molecular complexity index is 1300. The molecule has 0 amide bonds. The maximum Gasteiger partial charge on any atom is 0.159 e. The fourth-order valence-electron chi connectivity index (χ4n) is 5.05. The molecule has 3 nitrogen and oxygen atoms in total. The first-order valence-corrected chi connectivity index (χ1v) is 11.7. The lowest BCUT2D eigenvalue weighted by molar-refractivity contribution is 0.661. The van der Waals surface area contributed by atoms with E-state index in [-0.39, 0.29) is 6.17 Å². The van der Waals surface area contributed by atoms with Gasteiger partial charge in [0.1, 0.15) is 11.7 Å². The normalized spacial score (nSPS) is 16.4. The van der Waals surface area contributed by atoms with Gasteiger partial charge in [0.2, 0.25) is 0 Å². The summed E-state index contributed by atoms with van der Waals surface area (Å²) in [6, 6.07) is 19.5. The van der Waals surface area contributed by atoms with Crippen LogP contribution in [0.1, 0.15) is 63.1 Å². The molecular weight excluding hydrogens is 392 g/mol. The van der Waals surface area contributed by atoms with Gasteiger partial charge in [-0.05, 0) is 48.4 Å². The number of hydrogen-bond acceptors (Lipinski definition) is 3. The number of para-hydroxylation sites is 2. The lowest BCUT2D eigenvalue weighted by Gasteiger charge is -2.34. The zero-order valence-electron chi connectivity index (χ0n) is 19.9. The minimum absolute atomic E-state index is 0.143. The van der Waals surface area contributed by atoms with Crippen molar-refractivity contribution in [1.82, 2.24) is 0 Å². The SMILES string of the molecule is Cc1ccc2c(oc3ccccc32)c1N1C=CN(c2c(C(C)C)cccc2C(C)C)C1C. The van der Waals surface area contributed by atoms with Crippen molar-refractivity contribution in [1.29, 1.82) is 0 Å². The molecule has 0 fully saturated rings. The fraction of sp³-hybridized carbons (Fsp3) is 0.310. The van der Waals surface area contributed by atoms with E-state index in [9.17, 15) is 0 Å². The zero-order valence-corrected chi connectivity index (χ0v) is 19.9. The second-order valence-corrected chi connectivity index (χ2v) is 9.54. The molecule has 1 aromatic heterocycles. The Hall–Kier alpha value is -3.20. The standard InChI is InChI=1S/C29H32N2O/c1-18(2)22-11-9-12-23(19(3)4)28(22)31-17-16-30(21(31)6)27-20(5)14-15-25-24-10-7-8-13-26(24)32-29(25)27/h7-19,21H,1-6H3. The number of nitrogens with zero attached hydrogens (tertiary/aromatic N) is 2. The summed E-state index contributed by atoms with van der Waals surface area (Å²) in [5, 5.41) is 2.34. The fourth-order valence-corrected chi connectivity index (χ4v) is 5.05. The van der Waals surface area contributed by atoms with Gasteiger partial charge in [-0.2, -0.15) is 0 Å². The van der Waals surface area contributed by atoms with E-state index in [1.54, 1.807) is 0 Å². The molecule has 2 heterocycles. The third kappa shape index (κ3) is 3.10. The molecular formula is C29H32N2O. The van der Waals surface area contributed by atoms with E-state index in [0.717, 1.165) is 16.9 Å². The van der Waals surface area contributed by atoms with Gasteiger partial charge in [0.25, 0.3) is 0 Å². The minimum Gasteiger partial charge on any atom is -0.454 e.